The van der Waals surface area contributed by atoms with E-state index in [1.807, 2.05) is 0 Å². The SMILES string of the molecule is O=C(O)c1ccc(Nc2nc[c-]c(Nc3ccccc3S(=O)[O-])n2)cc1.[Y]. The Labute approximate surface area is 182 Å². The Morgan fingerprint density at radius 3 is 2.48 bits per heavy atom. The summed E-state index contributed by atoms with van der Waals surface area (Å²) in [5.41, 5.74) is 1.14. The molecule has 0 fully saturated rings. The maximum atomic E-state index is 11.3. The van der Waals surface area contributed by atoms with Gasteiger partial charge >= 0.3 is 5.97 Å². The normalized spacial score (nSPS) is 11.1. The summed E-state index contributed by atoms with van der Waals surface area (Å²) in [5.74, 6) is -0.486. The van der Waals surface area contributed by atoms with E-state index < -0.39 is 17.0 Å². The summed E-state index contributed by atoms with van der Waals surface area (Å²) < 4.78 is 22.5. The first kappa shape index (κ1) is 21.1. The molecule has 0 saturated heterocycles. The number of benzene rings is 2. The first-order valence-electron chi connectivity index (χ1n) is 7.33. The molecule has 1 atom stereocenters. The van der Waals surface area contributed by atoms with Gasteiger partial charge in [0.2, 0.25) is 5.95 Å². The second-order valence-corrected chi connectivity index (χ2v) is 5.96. The molecule has 0 spiro atoms. The third-order valence-corrected chi connectivity index (χ3v) is 4.03. The van der Waals surface area contributed by atoms with E-state index >= 15 is 0 Å². The van der Waals surface area contributed by atoms with E-state index in [1.165, 1.54) is 24.4 Å². The van der Waals surface area contributed by atoms with E-state index in [-0.39, 0.29) is 54.9 Å². The summed E-state index contributed by atoms with van der Waals surface area (Å²) in [6.45, 7) is 0. The standard InChI is InChI=1S/C17H13N4O4S.Y/c22-16(23)11-5-7-12(8-6-11)19-17-18-10-9-15(21-17)20-13-3-1-2-4-14(13)26(24)25;/h1-8,10H,(H,22,23)(H,24,25)(H2,18,19,20,21);/q-1;/p-1. The number of rotatable bonds is 6. The number of aromatic nitrogens is 2. The number of carboxylic acid groups (broad SMARTS) is 1. The first-order valence-corrected chi connectivity index (χ1v) is 8.41. The largest absolute Gasteiger partial charge is 0.768 e. The Bertz CT molecular complexity index is 969. The Kier molecular flexibility index (Phi) is 7.55. The van der Waals surface area contributed by atoms with Crippen molar-refractivity contribution in [3.8, 4) is 0 Å². The second kappa shape index (κ2) is 9.66. The number of hydrogen-bond acceptors (Lipinski definition) is 7. The van der Waals surface area contributed by atoms with Crippen LogP contribution in [0.2, 0.25) is 0 Å². The minimum absolute atomic E-state index is 0. The number of nitrogens with zero attached hydrogens (tertiary/aromatic N) is 2. The van der Waals surface area contributed by atoms with Crippen LogP contribution in [0.1, 0.15) is 10.4 Å². The number of nitrogens with one attached hydrogen (secondary N) is 2. The molecule has 3 N–H and O–H groups in total. The van der Waals surface area contributed by atoms with Gasteiger partial charge in [0.15, 0.2) is 0 Å². The number of hydrogen-bond donors (Lipinski definition) is 3. The zero-order valence-corrected chi connectivity index (χ0v) is 17.4. The maximum absolute atomic E-state index is 11.3. The molecule has 135 valence electrons. The summed E-state index contributed by atoms with van der Waals surface area (Å²) in [7, 11) is 0. The zero-order chi connectivity index (χ0) is 18.5. The number of aromatic carboxylic acids is 1. The molecule has 27 heavy (non-hydrogen) atoms. The van der Waals surface area contributed by atoms with Crippen molar-refractivity contribution in [1.29, 1.82) is 0 Å². The number of anilines is 4. The zero-order valence-electron chi connectivity index (χ0n) is 13.7. The first-order chi connectivity index (χ1) is 12.5. The van der Waals surface area contributed by atoms with Crippen LogP contribution in [0, 0.1) is 6.07 Å². The van der Waals surface area contributed by atoms with E-state index in [1.54, 1.807) is 30.3 Å². The van der Waals surface area contributed by atoms with Crippen molar-refractivity contribution in [3.63, 3.8) is 0 Å². The fourth-order valence-electron chi connectivity index (χ4n) is 2.11. The quantitative estimate of drug-likeness (QED) is 0.381. The molecule has 0 aliphatic rings. The molecule has 2 aromatic carbocycles. The second-order valence-electron chi connectivity index (χ2n) is 5.05. The molecule has 1 unspecified atom stereocenters. The van der Waals surface area contributed by atoms with Crippen LogP contribution in [0.15, 0.2) is 59.6 Å². The smallest absolute Gasteiger partial charge is 0.335 e. The summed E-state index contributed by atoms with van der Waals surface area (Å²) in [5, 5.41) is 14.7. The minimum atomic E-state index is -2.39. The number of para-hydroxylation sites is 1. The third-order valence-electron chi connectivity index (χ3n) is 3.31. The summed E-state index contributed by atoms with van der Waals surface area (Å²) in [6.07, 6.45) is 1.39. The van der Waals surface area contributed by atoms with Crippen molar-refractivity contribution in [2.75, 3.05) is 10.6 Å². The fraction of sp³-hybridized carbons (Fsp3) is 0. The van der Waals surface area contributed by atoms with E-state index in [0.29, 0.717) is 11.4 Å². The number of carbonyl (C=O) groups is 1. The van der Waals surface area contributed by atoms with Gasteiger partial charge in [-0.3, -0.25) is 9.19 Å². The third kappa shape index (κ3) is 5.64. The van der Waals surface area contributed by atoms with Gasteiger partial charge in [-0.2, -0.15) is 0 Å². The Hall–Kier alpha value is -2.20. The van der Waals surface area contributed by atoms with Crippen molar-refractivity contribution in [2.24, 2.45) is 0 Å². The topological polar surface area (TPSA) is 127 Å². The summed E-state index contributed by atoms with van der Waals surface area (Å²) in [4.78, 5) is 19.2. The molecule has 1 heterocycles. The molecule has 3 aromatic rings. The van der Waals surface area contributed by atoms with Crippen molar-refractivity contribution >= 4 is 40.2 Å². The van der Waals surface area contributed by atoms with Crippen LogP contribution >= 0.6 is 0 Å². The van der Waals surface area contributed by atoms with Gasteiger partial charge in [0.05, 0.1) is 11.3 Å². The van der Waals surface area contributed by atoms with Crippen LogP contribution in [-0.2, 0) is 43.8 Å². The van der Waals surface area contributed by atoms with E-state index in [0.717, 1.165) is 0 Å². The van der Waals surface area contributed by atoms with Gasteiger partial charge in [-0.05, 0) is 53.3 Å². The summed E-state index contributed by atoms with van der Waals surface area (Å²) in [6, 6.07) is 15.3. The fourth-order valence-corrected chi connectivity index (χ4v) is 2.60. The van der Waals surface area contributed by atoms with Gasteiger partial charge in [0.1, 0.15) is 0 Å². The van der Waals surface area contributed by atoms with Crippen LogP contribution in [0.4, 0.5) is 23.1 Å². The van der Waals surface area contributed by atoms with Crippen LogP contribution < -0.4 is 10.6 Å². The molecule has 0 aliphatic heterocycles. The minimum Gasteiger partial charge on any atom is -0.768 e. The van der Waals surface area contributed by atoms with E-state index in [2.05, 4.69) is 26.7 Å². The monoisotopic (exact) mass is 457 g/mol. The summed E-state index contributed by atoms with van der Waals surface area (Å²) >= 11 is -2.39. The Balaban J connectivity index is 0.00000261. The molecular formula is C17H12N4O4SY-2. The Morgan fingerprint density at radius 1 is 1.11 bits per heavy atom. The maximum Gasteiger partial charge on any atom is 0.335 e. The molecule has 0 aliphatic carbocycles. The average Bonchev–Trinajstić information content (AvgIpc) is 2.63. The van der Waals surface area contributed by atoms with Crippen LogP contribution in [-0.4, -0.2) is 29.8 Å². The van der Waals surface area contributed by atoms with Crippen LogP contribution in [0.3, 0.4) is 0 Å². The predicted octanol–water partition coefficient (Wildman–Crippen LogP) is 2.70. The van der Waals surface area contributed by atoms with Gasteiger partial charge < -0.3 is 26.4 Å². The van der Waals surface area contributed by atoms with E-state index in [9.17, 15) is 13.6 Å². The van der Waals surface area contributed by atoms with Crippen molar-refractivity contribution in [1.82, 2.24) is 9.97 Å². The Morgan fingerprint density at radius 2 is 1.81 bits per heavy atom. The van der Waals surface area contributed by atoms with Gasteiger partial charge in [0, 0.05) is 43.3 Å². The van der Waals surface area contributed by atoms with E-state index in [4.69, 9.17) is 5.11 Å². The molecule has 1 radical (unpaired) electrons. The van der Waals surface area contributed by atoms with Crippen LogP contribution in [0.25, 0.3) is 0 Å². The molecule has 3 rings (SSSR count). The molecule has 0 saturated carbocycles. The molecule has 8 nitrogen and oxygen atoms in total. The van der Waals surface area contributed by atoms with Crippen molar-refractivity contribution in [2.45, 2.75) is 4.90 Å². The van der Waals surface area contributed by atoms with Crippen molar-refractivity contribution in [3.05, 3.63) is 66.4 Å². The number of carboxylic acids is 1. The molecule has 10 heteroatoms. The average molecular weight is 457 g/mol. The van der Waals surface area contributed by atoms with Gasteiger partial charge in [0.25, 0.3) is 0 Å². The van der Waals surface area contributed by atoms with Gasteiger partial charge in [-0.15, -0.1) is 6.20 Å². The van der Waals surface area contributed by atoms with Crippen molar-refractivity contribution < 1.29 is 51.4 Å². The molecule has 0 bridgehead atoms. The molecule has 1 aromatic heterocycles. The van der Waals surface area contributed by atoms with Gasteiger partial charge in [-0.25, -0.2) is 9.78 Å². The molecule has 0 amide bonds. The van der Waals surface area contributed by atoms with Gasteiger partial charge in [-0.1, -0.05) is 12.1 Å². The molecular weight excluding hydrogens is 445 g/mol. The predicted molar refractivity (Wildman–Crippen MR) is 94.5 cm³/mol. The van der Waals surface area contributed by atoms with Crippen LogP contribution in [0.5, 0.6) is 0 Å².